The van der Waals surface area contributed by atoms with Gasteiger partial charge in [0.05, 0.1) is 19.3 Å². The van der Waals surface area contributed by atoms with Crippen LogP contribution < -0.4 is 32.7 Å². The van der Waals surface area contributed by atoms with Crippen LogP contribution in [0, 0.1) is 23.2 Å². The third-order valence-electron chi connectivity index (χ3n) is 14.8. The Hall–Kier alpha value is -5.70. The molecular formula is C54H71N9O5. The Kier molecular flexibility index (Phi) is 15.0. The lowest BCUT2D eigenvalue weighted by atomic mass is 9.69. The highest BCUT2D eigenvalue weighted by Gasteiger charge is 2.85. The van der Waals surface area contributed by atoms with Gasteiger partial charge in [-0.15, -0.1) is 0 Å². The molecule has 1 aromatic carbocycles. The molecule has 362 valence electrons. The van der Waals surface area contributed by atoms with Gasteiger partial charge < -0.3 is 42.2 Å². The maximum Gasteiger partial charge on any atom is 0.350 e. The number of carbonyl (C=O) groups excluding carboxylic acids is 3. The number of rotatable bonds is 19. The molecule has 14 nitrogen and oxygen atoms in total. The summed E-state index contributed by atoms with van der Waals surface area (Å²) >= 11 is 0. The van der Waals surface area contributed by atoms with Gasteiger partial charge in [-0.25, -0.2) is 14.8 Å². The average molecular weight is 926 g/mol. The first-order valence-electron chi connectivity index (χ1n) is 24.7. The molecule has 4 aliphatic carbocycles. The lowest BCUT2D eigenvalue weighted by molar-refractivity contribution is -0.150. The first-order valence-corrected chi connectivity index (χ1v) is 24.7. The molecule has 0 radical (unpaired) electrons. The summed E-state index contributed by atoms with van der Waals surface area (Å²) in [5.41, 5.74) is 13.2. The molecule has 5 aliphatic rings. The number of nitrogens with zero attached hydrogens (tertiary/aromatic N) is 3. The van der Waals surface area contributed by atoms with E-state index in [4.69, 9.17) is 20.9 Å². The molecule has 0 bridgehead atoms. The molecule has 3 aromatic rings. The highest BCUT2D eigenvalue weighted by Crippen LogP contribution is 2.59. The Balaban J connectivity index is 1.09. The summed E-state index contributed by atoms with van der Waals surface area (Å²) in [4.78, 5) is 58.5. The number of nitrogens with two attached hydrogens (primary N) is 2. The standard InChI is InChI=1S/C54H71N9O5/c1-34(24-44(63-51(56)58-5)39-21-23-59-46(27-39)62-33-57-4)20-22-53-48(64)42-17-11-16-40(29-52(2,3)28-36-18-19-45(55)61-31-36)47(42)49(65)54(53,68-53)50(66)67-32-41-25-37-14-9-10-15-38(37)26-43(41)60-30-35-12-7-6-8-13-35/h10-11,15-21,23,26-27,31,35,37,41,43-44,57,60H,6-9,12-14,22,24-25,28-30,32-33H2,1-5H3,(H2,55,61)(H,59,62)(H3,56,58,63)/b34-20+/t37-,41-,43-,44-,53-,54-/m0/s1. The van der Waals surface area contributed by atoms with Crippen molar-refractivity contribution in [2.75, 3.05) is 45.0 Å². The van der Waals surface area contributed by atoms with Crippen molar-refractivity contribution in [3.63, 3.8) is 0 Å². The number of hydrogen-bond acceptors (Lipinski definition) is 12. The number of pyridine rings is 2. The molecule has 6 atom stereocenters. The number of Topliss-reactive ketones (excluding diaryl/α,β-unsaturated/α-hetero) is 2. The number of carbonyl (C=O) groups is 3. The van der Waals surface area contributed by atoms with Gasteiger partial charge in [-0.3, -0.25) is 14.6 Å². The van der Waals surface area contributed by atoms with Crippen LogP contribution in [0.5, 0.6) is 0 Å². The molecule has 3 heterocycles. The molecule has 8 N–H and O–H groups in total. The van der Waals surface area contributed by atoms with Crippen molar-refractivity contribution in [2.24, 2.45) is 33.9 Å². The minimum Gasteiger partial charge on any atom is -0.463 e. The Bertz CT molecular complexity index is 2460. The fourth-order valence-electron chi connectivity index (χ4n) is 11.2. The molecule has 68 heavy (non-hydrogen) atoms. The van der Waals surface area contributed by atoms with Gasteiger partial charge >= 0.3 is 5.97 Å². The van der Waals surface area contributed by atoms with Crippen molar-refractivity contribution < 1.29 is 23.9 Å². The Morgan fingerprint density at radius 3 is 2.66 bits per heavy atom. The Morgan fingerprint density at radius 2 is 1.90 bits per heavy atom. The summed E-state index contributed by atoms with van der Waals surface area (Å²) < 4.78 is 12.9. The number of epoxide rings is 1. The van der Waals surface area contributed by atoms with E-state index in [-0.39, 0.29) is 53.5 Å². The number of guanidine groups is 1. The van der Waals surface area contributed by atoms with Crippen molar-refractivity contribution in [2.45, 2.75) is 121 Å². The van der Waals surface area contributed by atoms with Gasteiger partial charge in [-0.2, -0.15) is 0 Å². The molecule has 1 aliphatic heterocycles. The van der Waals surface area contributed by atoms with Gasteiger partial charge in [0.15, 0.2) is 17.3 Å². The topological polar surface area (TPSA) is 211 Å². The number of fused-ring (bicyclic) bond motifs is 3. The zero-order valence-electron chi connectivity index (χ0n) is 40.5. The third kappa shape index (κ3) is 10.5. The van der Waals surface area contributed by atoms with Gasteiger partial charge in [0.1, 0.15) is 11.6 Å². The molecule has 0 amide bonds. The number of anilines is 2. The summed E-state index contributed by atoms with van der Waals surface area (Å²) in [6.45, 7) is 7.74. The second kappa shape index (κ2) is 20.9. The highest BCUT2D eigenvalue weighted by molar-refractivity contribution is 6.33. The number of aliphatic imine (C=N–C) groups is 1. The summed E-state index contributed by atoms with van der Waals surface area (Å²) in [6.07, 6.45) is 23.0. The van der Waals surface area contributed by atoms with Crippen LogP contribution >= 0.6 is 0 Å². The molecule has 1 saturated carbocycles. The highest BCUT2D eigenvalue weighted by atomic mass is 16.7. The van der Waals surface area contributed by atoms with Gasteiger partial charge in [0, 0.05) is 48.9 Å². The second-order valence-electron chi connectivity index (χ2n) is 20.5. The van der Waals surface area contributed by atoms with E-state index in [1.54, 1.807) is 31.6 Å². The van der Waals surface area contributed by atoms with E-state index in [0.717, 1.165) is 42.5 Å². The van der Waals surface area contributed by atoms with Gasteiger partial charge in [-0.05, 0) is 130 Å². The number of hydrogen-bond donors (Lipinski definition) is 6. The summed E-state index contributed by atoms with van der Waals surface area (Å²) in [7, 11) is 3.47. The third-order valence-corrected chi connectivity index (χ3v) is 14.8. The van der Waals surface area contributed by atoms with Crippen molar-refractivity contribution in [3.8, 4) is 0 Å². The number of aromatic nitrogens is 2. The minimum atomic E-state index is -2.14. The zero-order valence-corrected chi connectivity index (χ0v) is 40.5. The predicted molar refractivity (Wildman–Crippen MR) is 267 cm³/mol. The monoisotopic (exact) mass is 926 g/mol. The number of esters is 1. The van der Waals surface area contributed by atoms with Crippen LogP contribution in [-0.2, 0) is 27.1 Å². The molecule has 2 aromatic heterocycles. The fourth-order valence-corrected chi connectivity index (χ4v) is 11.2. The van der Waals surface area contributed by atoms with Crippen molar-refractivity contribution in [1.29, 1.82) is 0 Å². The van der Waals surface area contributed by atoms with E-state index in [1.807, 2.05) is 50.4 Å². The lowest BCUT2D eigenvalue weighted by Gasteiger charge is -2.37. The van der Waals surface area contributed by atoms with E-state index in [9.17, 15) is 0 Å². The van der Waals surface area contributed by atoms with Crippen LogP contribution in [0.1, 0.15) is 128 Å². The zero-order chi connectivity index (χ0) is 48.1. The minimum absolute atomic E-state index is 0.00473. The number of allylic oxidation sites excluding steroid dienone is 3. The predicted octanol–water partition coefficient (Wildman–Crippen LogP) is 7.34. The summed E-state index contributed by atoms with van der Waals surface area (Å²) in [6, 6.07) is 12.7. The van der Waals surface area contributed by atoms with Crippen LogP contribution in [0.3, 0.4) is 0 Å². The van der Waals surface area contributed by atoms with E-state index < -0.39 is 28.7 Å². The first-order chi connectivity index (χ1) is 32.8. The van der Waals surface area contributed by atoms with Crippen LogP contribution in [0.25, 0.3) is 0 Å². The molecule has 1 saturated heterocycles. The van der Waals surface area contributed by atoms with Gasteiger partial charge in [0.25, 0.3) is 5.60 Å². The molecule has 2 fully saturated rings. The average Bonchev–Trinajstić information content (AvgIpc) is 4.05. The van der Waals surface area contributed by atoms with Crippen LogP contribution in [0.2, 0.25) is 0 Å². The Morgan fingerprint density at radius 1 is 1.07 bits per heavy atom. The van der Waals surface area contributed by atoms with Gasteiger partial charge in [0.2, 0.25) is 5.78 Å². The van der Waals surface area contributed by atoms with E-state index in [1.165, 1.54) is 37.7 Å². The quantitative estimate of drug-likeness (QED) is 0.0132. The molecule has 14 heteroatoms. The first kappa shape index (κ1) is 48.7. The lowest BCUT2D eigenvalue weighted by Crippen LogP contribution is -2.51. The van der Waals surface area contributed by atoms with E-state index in [2.05, 4.69) is 68.3 Å². The molecular weight excluding hydrogens is 855 g/mol. The van der Waals surface area contributed by atoms with Crippen LogP contribution in [0.4, 0.5) is 11.6 Å². The smallest absolute Gasteiger partial charge is 0.350 e. The van der Waals surface area contributed by atoms with Crippen molar-refractivity contribution in [1.82, 2.24) is 25.9 Å². The number of ketones is 2. The largest absolute Gasteiger partial charge is 0.463 e. The number of ether oxygens (including phenoxy) is 2. The van der Waals surface area contributed by atoms with Crippen LogP contribution in [-0.4, -0.2) is 84.6 Å². The molecule has 0 spiro atoms. The van der Waals surface area contributed by atoms with Crippen molar-refractivity contribution in [3.05, 3.63) is 118 Å². The summed E-state index contributed by atoms with van der Waals surface area (Å²) in [5.74, 6) is 0.658. The second-order valence-corrected chi connectivity index (χ2v) is 20.5. The Labute approximate surface area is 401 Å². The fraction of sp³-hybridized carbons (Fsp3) is 0.519. The van der Waals surface area contributed by atoms with Crippen LogP contribution in [0.15, 0.2) is 95.3 Å². The maximum absolute atomic E-state index is 15.4. The van der Waals surface area contributed by atoms with E-state index >= 15 is 14.4 Å². The van der Waals surface area contributed by atoms with Gasteiger partial charge in [-0.1, -0.05) is 87.3 Å². The molecule has 0 unspecified atom stereocenters. The number of nitrogens with one attached hydrogen (secondary N) is 4. The van der Waals surface area contributed by atoms with Crippen molar-refractivity contribution >= 4 is 35.1 Å². The SMILES string of the molecule is CN=C(N)N[C@@H](C/C(C)=C/C[C@@]12O[C@]1(C(=O)OC[C@@H]1C[C@@H]3CCC=CC3=C[C@@H]1NCC1CCCCC1)C(=O)c1c(CC(C)(C)Cc3ccc(N)nc3)cccc1C2=O)c1ccnc(NCNC)c1. The number of benzene rings is 1. The summed E-state index contributed by atoms with van der Waals surface area (Å²) in [5, 5.41) is 13.5. The number of nitrogen functional groups attached to an aromatic ring is 1. The normalized spacial score (nSPS) is 25.4. The molecule has 8 rings (SSSR count). The maximum atomic E-state index is 15.4. The van der Waals surface area contributed by atoms with E-state index in [0.29, 0.717) is 55.0 Å².